The van der Waals surface area contributed by atoms with Crippen molar-refractivity contribution in [1.29, 1.82) is 0 Å². The summed E-state index contributed by atoms with van der Waals surface area (Å²) in [7, 11) is 0. The normalized spacial score (nSPS) is 11.6. The Morgan fingerprint density at radius 3 is 1.91 bits per heavy atom. The van der Waals surface area contributed by atoms with Crippen LogP contribution in [-0.4, -0.2) is 9.55 Å². The van der Waals surface area contributed by atoms with Crippen molar-refractivity contribution in [3.8, 4) is 28.2 Å². The summed E-state index contributed by atoms with van der Waals surface area (Å²) in [5.74, 6) is 1.08. The van der Waals surface area contributed by atoms with Gasteiger partial charge in [-0.05, 0) is 70.5 Å². The average molecular weight is 449 g/mol. The van der Waals surface area contributed by atoms with Gasteiger partial charge in [0, 0.05) is 5.56 Å². The Labute approximate surface area is 200 Å². The molecule has 2 nitrogen and oxygen atoms in total. The zero-order chi connectivity index (χ0) is 23.8. The molecule has 0 unspecified atom stereocenters. The van der Waals surface area contributed by atoms with Crippen molar-refractivity contribution in [3.63, 3.8) is 0 Å². The quantitative estimate of drug-likeness (QED) is 0.263. The molecule has 0 bridgehead atoms. The Kier molecular flexibility index (Phi) is 5.79. The van der Waals surface area contributed by atoms with Crippen LogP contribution < -0.4 is 0 Å². The maximum absolute atomic E-state index is 14.3. The lowest BCUT2D eigenvalue weighted by Crippen LogP contribution is -2.09. The monoisotopic (exact) mass is 448 g/mol. The first-order chi connectivity index (χ1) is 16.4. The van der Waals surface area contributed by atoms with E-state index in [-0.39, 0.29) is 17.7 Å². The third-order valence-electron chi connectivity index (χ3n) is 6.39. The van der Waals surface area contributed by atoms with Gasteiger partial charge in [0.05, 0.1) is 16.7 Å². The SMILES string of the molecule is CC(C)c1cc(-c2ccccc2)cc(C(C)C)c1-n1c(-c2cccc(F)c2)nc2ccccc21. The summed E-state index contributed by atoms with van der Waals surface area (Å²) in [6.07, 6.45) is 0. The highest BCUT2D eigenvalue weighted by Crippen LogP contribution is 2.40. The standard InChI is InChI=1S/C31H29FN2/c1-20(2)26-18-24(22-11-6-5-7-12-22)19-27(21(3)4)30(26)34-29-16-9-8-15-28(29)33-31(34)23-13-10-14-25(32)17-23/h5-21H,1-4H3. The predicted molar refractivity (Wildman–Crippen MR) is 140 cm³/mol. The molecule has 0 spiro atoms. The average Bonchev–Trinajstić information content (AvgIpc) is 3.23. The maximum Gasteiger partial charge on any atom is 0.145 e. The molecule has 0 atom stereocenters. The first kappa shape index (κ1) is 22.1. The van der Waals surface area contributed by atoms with Gasteiger partial charge in [0.1, 0.15) is 11.6 Å². The molecule has 0 aliphatic carbocycles. The maximum atomic E-state index is 14.3. The van der Waals surface area contributed by atoms with E-state index in [1.807, 2.05) is 30.3 Å². The number of hydrogen-bond acceptors (Lipinski definition) is 1. The molecule has 0 radical (unpaired) electrons. The van der Waals surface area contributed by atoms with E-state index in [0.717, 1.165) is 28.1 Å². The van der Waals surface area contributed by atoms with Gasteiger partial charge in [0.25, 0.3) is 0 Å². The van der Waals surface area contributed by atoms with Gasteiger partial charge in [-0.3, -0.25) is 4.57 Å². The van der Waals surface area contributed by atoms with Crippen LogP contribution in [0.4, 0.5) is 4.39 Å². The molecule has 3 heteroatoms. The van der Waals surface area contributed by atoms with Gasteiger partial charge >= 0.3 is 0 Å². The first-order valence-corrected chi connectivity index (χ1v) is 11.9. The number of nitrogens with zero attached hydrogens (tertiary/aromatic N) is 2. The molecule has 5 aromatic rings. The summed E-state index contributed by atoms with van der Waals surface area (Å²) in [4.78, 5) is 4.98. The number of halogens is 1. The number of imidazole rings is 1. The fourth-order valence-electron chi connectivity index (χ4n) is 4.69. The molecule has 0 N–H and O–H groups in total. The predicted octanol–water partition coefficient (Wildman–Crippen LogP) is 8.75. The number of fused-ring (bicyclic) bond motifs is 1. The fraction of sp³-hybridized carbons (Fsp3) is 0.194. The van der Waals surface area contributed by atoms with Gasteiger partial charge < -0.3 is 0 Å². The van der Waals surface area contributed by atoms with Crippen LogP contribution in [0.2, 0.25) is 0 Å². The smallest absolute Gasteiger partial charge is 0.145 e. The van der Waals surface area contributed by atoms with Crippen LogP contribution in [0.5, 0.6) is 0 Å². The fourth-order valence-corrected chi connectivity index (χ4v) is 4.69. The topological polar surface area (TPSA) is 17.8 Å². The summed E-state index contributed by atoms with van der Waals surface area (Å²) in [6.45, 7) is 8.94. The molecule has 0 amide bonds. The molecule has 1 aromatic heterocycles. The molecule has 0 fully saturated rings. The Hall–Kier alpha value is -3.72. The highest BCUT2D eigenvalue weighted by atomic mass is 19.1. The molecule has 1 heterocycles. The van der Waals surface area contributed by atoms with E-state index >= 15 is 0 Å². The second kappa shape index (κ2) is 8.90. The Bertz CT molecular complexity index is 1430. The molecule has 0 saturated heterocycles. The van der Waals surface area contributed by atoms with E-state index in [1.165, 1.54) is 28.3 Å². The molecular formula is C31H29FN2. The van der Waals surface area contributed by atoms with Crippen LogP contribution >= 0.6 is 0 Å². The molecule has 34 heavy (non-hydrogen) atoms. The number of hydrogen-bond donors (Lipinski definition) is 0. The molecule has 0 aliphatic rings. The van der Waals surface area contributed by atoms with Gasteiger partial charge in [0.15, 0.2) is 0 Å². The van der Waals surface area contributed by atoms with Crippen molar-refractivity contribution >= 4 is 11.0 Å². The molecular weight excluding hydrogens is 419 g/mol. The van der Waals surface area contributed by atoms with Gasteiger partial charge in [-0.2, -0.15) is 0 Å². The Balaban J connectivity index is 1.89. The van der Waals surface area contributed by atoms with Crippen LogP contribution in [-0.2, 0) is 0 Å². The van der Waals surface area contributed by atoms with Crippen LogP contribution in [0.1, 0.15) is 50.7 Å². The molecule has 4 aromatic carbocycles. The van der Waals surface area contributed by atoms with Crippen LogP contribution in [0.15, 0.2) is 91.0 Å². The zero-order valence-electron chi connectivity index (χ0n) is 20.1. The van der Waals surface area contributed by atoms with E-state index in [9.17, 15) is 4.39 Å². The van der Waals surface area contributed by atoms with Crippen molar-refractivity contribution in [2.24, 2.45) is 0 Å². The summed E-state index contributed by atoms with van der Waals surface area (Å²) >= 11 is 0. The van der Waals surface area contributed by atoms with Crippen molar-refractivity contribution in [3.05, 3.63) is 108 Å². The van der Waals surface area contributed by atoms with Crippen molar-refractivity contribution < 1.29 is 4.39 Å². The Morgan fingerprint density at radius 1 is 0.647 bits per heavy atom. The number of para-hydroxylation sites is 2. The minimum absolute atomic E-state index is 0.260. The second-order valence-corrected chi connectivity index (χ2v) is 9.45. The van der Waals surface area contributed by atoms with Gasteiger partial charge in [-0.25, -0.2) is 9.37 Å². The van der Waals surface area contributed by atoms with Gasteiger partial charge in [-0.15, -0.1) is 0 Å². The van der Waals surface area contributed by atoms with E-state index in [2.05, 4.69) is 74.7 Å². The van der Waals surface area contributed by atoms with Gasteiger partial charge in [0.2, 0.25) is 0 Å². The van der Waals surface area contributed by atoms with E-state index in [0.29, 0.717) is 0 Å². The lowest BCUT2D eigenvalue weighted by molar-refractivity contribution is 0.628. The first-order valence-electron chi connectivity index (χ1n) is 11.9. The molecule has 170 valence electrons. The van der Waals surface area contributed by atoms with Crippen LogP contribution in [0.3, 0.4) is 0 Å². The number of aromatic nitrogens is 2. The van der Waals surface area contributed by atoms with Gasteiger partial charge in [-0.1, -0.05) is 82.3 Å². The highest BCUT2D eigenvalue weighted by molar-refractivity contribution is 5.85. The number of rotatable bonds is 5. The lowest BCUT2D eigenvalue weighted by atomic mass is 9.88. The summed E-state index contributed by atoms with van der Waals surface area (Å²) in [6, 6.07) is 30.1. The minimum Gasteiger partial charge on any atom is -0.292 e. The van der Waals surface area contributed by atoms with E-state index in [1.54, 1.807) is 12.1 Å². The molecule has 5 rings (SSSR count). The van der Waals surface area contributed by atoms with E-state index in [4.69, 9.17) is 4.98 Å². The minimum atomic E-state index is -0.260. The molecule has 0 aliphatic heterocycles. The van der Waals surface area contributed by atoms with Crippen molar-refractivity contribution in [2.75, 3.05) is 0 Å². The third kappa shape index (κ3) is 3.92. The van der Waals surface area contributed by atoms with Crippen molar-refractivity contribution in [2.45, 2.75) is 39.5 Å². The highest BCUT2D eigenvalue weighted by Gasteiger charge is 2.23. The van der Waals surface area contributed by atoms with Crippen LogP contribution in [0.25, 0.3) is 39.2 Å². The van der Waals surface area contributed by atoms with E-state index < -0.39 is 0 Å². The lowest BCUT2D eigenvalue weighted by Gasteiger charge is -2.24. The second-order valence-electron chi connectivity index (χ2n) is 9.45. The summed E-state index contributed by atoms with van der Waals surface area (Å²) in [5.41, 5.74) is 8.78. The zero-order valence-corrected chi connectivity index (χ0v) is 20.1. The number of benzene rings is 4. The van der Waals surface area contributed by atoms with Crippen LogP contribution in [0, 0.1) is 5.82 Å². The largest absolute Gasteiger partial charge is 0.292 e. The molecule has 0 saturated carbocycles. The summed E-state index contributed by atoms with van der Waals surface area (Å²) < 4.78 is 16.5. The third-order valence-corrected chi connectivity index (χ3v) is 6.39. The summed E-state index contributed by atoms with van der Waals surface area (Å²) in [5, 5.41) is 0. The Morgan fingerprint density at radius 2 is 1.26 bits per heavy atom. The van der Waals surface area contributed by atoms with Crippen molar-refractivity contribution in [1.82, 2.24) is 9.55 Å².